The lowest BCUT2D eigenvalue weighted by atomic mass is 9.91. The molecule has 2 fully saturated rings. The number of hydrogen-bond acceptors (Lipinski definition) is 6. The summed E-state index contributed by atoms with van der Waals surface area (Å²) in [4.78, 5) is 6.61. The second-order valence-electron chi connectivity index (χ2n) is 7.35. The van der Waals surface area contributed by atoms with Crippen LogP contribution in [0.25, 0.3) is 0 Å². The summed E-state index contributed by atoms with van der Waals surface area (Å²) in [5, 5.41) is 0.211. The molecule has 0 unspecified atom stereocenters. The van der Waals surface area contributed by atoms with Gasteiger partial charge in [0.1, 0.15) is 0 Å². The average molecular weight is 386 g/mol. The van der Waals surface area contributed by atoms with Crippen molar-refractivity contribution < 1.29 is 17.9 Å². The van der Waals surface area contributed by atoms with Crippen LogP contribution in [0.1, 0.15) is 37.8 Å². The summed E-state index contributed by atoms with van der Waals surface area (Å²) in [5.74, 6) is 0.484. The first-order valence-electron chi connectivity index (χ1n) is 9.66. The van der Waals surface area contributed by atoms with Crippen molar-refractivity contribution in [3.63, 3.8) is 0 Å². The minimum absolute atomic E-state index is 0.211. The smallest absolute Gasteiger partial charge is 0.227 e. The molecule has 1 aromatic rings. The number of sulfone groups is 1. The molecule has 0 radical (unpaired) electrons. The van der Waals surface area contributed by atoms with E-state index in [-0.39, 0.29) is 16.8 Å². The fourth-order valence-corrected chi connectivity index (χ4v) is 5.78. The molecule has 148 valence electrons. The Morgan fingerprint density at radius 2 is 1.96 bits per heavy atom. The maximum atomic E-state index is 13.0. The predicted octanol–water partition coefficient (Wildman–Crippen LogP) is 1.72. The van der Waals surface area contributed by atoms with Crippen molar-refractivity contribution in [2.24, 2.45) is 5.92 Å². The predicted molar refractivity (Wildman–Crippen MR) is 98.8 cm³/mol. The van der Waals surface area contributed by atoms with Crippen LogP contribution in [0.2, 0.25) is 0 Å². The van der Waals surface area contributed by atoms with Gasteiger partial charge in [-0.15, -0.1) is 0 Å². The quantitative estimate of drug-likeness (QED) is 0.678. The Morgan fingerprint density at radius 3 is 2.65 bits per heavy atom. The third-order valence-corrected chi connectivity index (χ3v) is 7.16. The van der Waals surface area contributed by atoms with Crippen molar-refractivity contribution in [1.82, 2.24) is 14.5 Å². The number of methoxy groups -OCH3 is 1. The summed E-state index contributed by atoms with van der Waals surface area (Å²) < 4.78 is 38.5. The molecule has 3 rings (SSSR count). The molecule has 0 amide bonds. The number of imidazole rings is 1. The van der Waals surface area contributed by atoms with E-state index in [0.29, 0.717) is 19.7 Å². The van der Waals surface area contributed by atoms with Gasteiger partial charge in [0.15, 0.2) is 0 Å². The highest BCUT2D eigenvalue weighted by Gasteiger charge is 2.28. The maximum absolute atomic E-state index is 13.0. The minimum atomic E-state index is -3.39. The van der Waals surface area contributed by atoms with E-state index in [4.69, 9.17) is 9.47 Å². The first-order valence-corrected chi connectivity index (χ1v) is 11.3. The molecule has 7 nitrogen and oxygen atoms in total. The number of morpholine rings is 1. The Kier molecular flexibility index (Phi) is 7.08. The molecule has 1 saturated heterocycles. The molecule has 26 heavy (non-hydrogen) atoms. The third kappa shape index (κ3) is 5.06. The van der Waals surface area contributed by atoms with Crippen LogP contribution in [0.4, 0.5) is 0 Å². The van der Waals surface area contributed by atoms with E-state index in [9.17, 15) is 8.42 Å². The molecule has 0 spiro atoms. The van der Waals surface area contributed by atoms with Gasteiger partial charge < -0.3 is 14.0 Å². The summed E-state index contributed by atoms with van der Waals surface area (Å²) in [6.07, 6.45) is 7.25. The molecule has 2 aliphatic rings. The lowest BCUT2D eigenvalue weighted by Gasteiger charge is -2.27. The summed E-state index contributed by atoms with van der Waals surface area (Å²) >= 11 is 0. The number of hydrogen-bond donors (Lipinski definition) is 0. The number of nitrogens with zero attached hydrogens (tertiary/aromatic N) is 3. The highest BCUT2D eigenvalue weighted by atomic mass is 32.2. The van der Waals surface area contributed by atoms with E-state index in [0.717, 1.165) is 57.7 Å². The first kappa shape index (κ1) is 19.8. The van der Waals surface area contributed by atoms with Gasteiger partial charge >= 0.3 is 0 Å². The van der Waals surface area contributed by atoms with Crippen LogP contribution in [-0.4, -0.2) is 68.6 Å². The Hall–Kier alpha value is -0.960. The lowest BCUT2D eigenvalue weighted by molar-refractivity contribution is 0.0329. The van der Waals surface area contributed by atoms with Gasteiger partial charge in [-0.05, 0) is 18.8 Å². The summed E-state index contributed by atoms with van der Waals surface area (Å²) in [6, 6.07) is 0. The fourth-order valence-electron chi connectivity index (χ4n) is 3.92. The zero-order valence-corrected chi connectivity index (χ0v) is 16.5. The second-order valence-corrected chi connectivity index (χ2v) is 9.28. The van der Waals surface area contributed by atoms with Crippen LogP contribution in [0.15, 0.2) is 11.4 Å². The summed E-state index contributed by atoms with van der Waals surface area (Å²) in [7, 11) is -1.75. The van der Waals surface area contributed by atoms with Crippen molar-refractivity contribution in [3.8, 4) is 0 Å². The van der Waals surface area contributed by atoms with Crippen LogP contribution in [0, 0.1) is 5.92 Å². The van der Waals surface area contributed by atoms with Gasteiger partial charge in [-0.2, -0.15) is 0 Å². The molecule has 1 aromatic heterocycles. The van der Waals surface area contributed by atoms with Gasteiger partial charge in [0.05, 0.1) is 37.5 Å². The van der Waals surface area contributed by atoms with Crippen molar-refractivity contribution >= 4 is 9.84 Å². The second kappa shape index (κ2) is 9.30. The Labute approximate surface area is 156 Å². The number of rotatable bonds is 8. The van der Waals surface area contributed by atoms with E-state index in [2.05, 4.69) is 9.88 Å². The summed E-state index contributed by atoms with van der Waals surface area (Å²) in [6.45, 7) is 4.84. The van der Waals surface area contributed by atoms with Crippen LogP contribution >= 0.6 is 0 Å². The lowest BCUT2D eigenvalue weighted by Crippen LogP contribution is -2.36. The molecular weight excluding hydrogens is 354 g/mol. The molecule has 0 atom stereocenters. The molecule has 1 saturated carbocycles. The van der Waals surface area contributed by atoms with Crippen LogP contribution < -0.4 is 0 Å². The van der Waals surface area contributed by atoms with Gasteiger partial charge in [0.2, 0.25) is 15.0 Å². The third-order valence-electron chi connectivity index (χ3n) is 5.37. The zero-order valence-electron chi connectivity index (χ0n) is 15.7. The minimum Gasteiger partial charge on any atom is -0.383 e. The van der Waals surface area contributed by atoms with E-state index in [1.165, 1.54) is 6.42 Å². The normalized spacial score (nSPS) is 20.5. The zero-order chi connectivity index (χ0) is 18.4. The first-order chi connectivity index (χ1) is 12.6. The van der Waals surface area contributed by atoms with Crippen LogP contribution in [0.5, 0.6) is 0 Å². The summed E-state index contributed by atoms with van der Waals surface area (Å²) in [5.41, 5.74) is 0.936. The van der Waals surface area contributed by atoms with Crippen molar-refractivity contribution in [2.45, 2.75) is 50.4 Å². The Bertz CT molecular complexity index is 662. The topological polar surface area (TPSA) is 73.7 Å². The van der Waals surface area contributed by atoms with Crippen molar-refractivity contribution in [2.75, 3.05) is 45.8 Å². The molecule has 8 heteroatoms. The number of ether oxygens (including phenoxy) is 2. The maximum Gasteiger partial charge on any atom is 0.227 e. The molecular formula is C18H31N3O4S. The van der Waals surface area contributed by atoms with Crippen LogP contribution in [0.3, 0.4) is 0 Å². The van der Waals surface area contributed by atoms with Crippen molar-refractivity contribution in [3.05, 3.63) is 11.9 Å². The van der Waals surface area contributed by atoms with Crippen LogP contribution in [-0.2, 0) is 32.4 Å². The van der Waals surface area contributed by atoms with E-state index >= 15 is 0 Å². The largest absolute Gasteiger partial charge is 0.383 e. The highest BCUT2D eigenvalue weighted by molar-refractivity contribution is 7.91. The molecule has 1 aliphatic heterocycles. The Morgan fingerprint density at radius 1 is 1.23 bits per heavy atom. The fraction of sp³-hybridized carbons (Fsp3) is 0.833. The SMILES string of the molecule is COCCn1c(CN2CCOCC2)cnc1S(=O)(=O)CC1CCCCC1. The standard InChI is InChI=1S/C18H31N3O4S/c1-24-10-9-21-17(14-20-7-11-25-12-8-20)13-19-18(21)26(22,23)15-16-5-3-2-4-6-16/h13,16H,2-12,14-15H2,1H3. The highest BCUT2D eigenvalue weighted by Crippen LogP contribution is 2.27. The van der Waals surface area contributed by atoms with Gasteiger partial charge in [-0.25, -0.2) is 13.4 Å². The molecule has 0 bridgehead atoms. The monoisotopic (exact) mass is 385 g/mol. The van der Waals surface area contributed by atoms with Crippen molar-refractivity contribution in [1.29, 1.82) is 0 Å². The van der Waals surface area contributed by atoms with Gasteiger partial charge in [0, 0.05) is 33.3 Å². The van der Waals surface area contributed by atoms with E-state index in [1.807, 2.05) is 4.57 Å². The molecule has 2 heterocycles. The van der Waals surface area contributed by atoms with Gasteiger partial charge in [0.25, 0.3) is 0 Å². The van der Waals surface area contributed by atoms with Gasteiger partial charge in [-0.1, -0.05) is 19.3 Å². The average Bonchev–Trinajstić information content (AvgIpc) is 3.05. The molecule has 1 aliphatic carbocycles. The Balaban J connectivity index is 1.77. The van der Waals surface area contributed by atoms with E-state index in [1.54, 1.807) is 13.3 Å². The van der Waals surface area contributed by atoms with Gasteiger partial charge in [-0.3, -0.25) is 4.90 Å². The van der Waals surface area contributed by atoms with E-state index < -0.39 is 9.84 Å². The molecule has 0 aromatic carbocycles. The number of aromatic nitrogens is 2. The molecule has 0 N–H and O–H groups in total.